The third kappa shape index (κ3) is 6.41. The van der Waals surface area contributed by atoms with Crippen molar-refractivity contribution < 1.29 is 19.1 Å². The minimum Gasteiger partial charge on any atom is -0.490 e. The SMILES string of the molecule is CCOc1cc(/C=N\NC(=O)c2cccc(Br)c2)ccc1OC(=O)c1ccc(Cl)cc1. The minimum absolute atomic E-state index is 0.275. The monoisotopic (exact) mass is 500 g/mol. The molecule has 3 rings (SSSR count). The first-order valence-corrected chi connectivity index (χ1v) is 10.5. The molecule has 6 nitrogen and oxygen atoms in total. The van der Waals surface area contributed by atoms with Crippen LogP contribution in [0.3, 0.4) is 0 Å². The van der Waals surface area contributed by atoms with E-state index in [4.69, 9.17) is 21.1 Å². The van der Waals surface area contributed by atoms with E-state index in [0.717, 1.165) is 4.47 Å². The minimum atomic E-state index is -0.527. The largest absolute Gasteiger partial charge is 0.490 e. The number of hydrogen-bond donors (Lipinski definition) is 1. The van der Waals surface area contributed by atoms with E-state index in [1.54, 1.807) is 60.7 Å². The van der Waals surface area contributed by atoms with Gasteiger partial charge in [-0.05, 0) is 73.2 Å². The second kappa shape index (κ2) is 10.7. The zero-order valence-corrected chi connectivity index (χ0v) is 18.8. The summed E-state index contributed by atoms with van der Waals surface area (Å²) >= 11 is 9.18. The van der Waals surface area contributed by atoms with Crippen molar-refractivity contribution in [2.45, 2.75) is 6.92 Å². The normalized spacial score (nSPS) is 10.7. The molecule has 0 aromatic heterocycles. The second-order valence-electron chi connectivity index (χ2n) is 6.25. The Hall–Kier alpha value is -3.16. The molecule has 0 saturated carbocycles. The van der Waals surface area contributed by atoms with Crippen LogP contribution in [0.4, 0.5) is 0 Å². The molecule has 8 heteroatoms. The Morgan fingerprint density at radius 3 is 2.52 bits per heavy atom. The predicted molar refractivity (Wildman–Crippen MR) is 123 cm³/mol. The maximum atomic E-state index is 12.4. The van der Waals surface area contributed by atoms with Crippen LogP contribution >= 0.6 is 27.5 Å². The Morgan fingerprint density at radius 1 is 1.03 bits per heavy atom. The van der Waals surface area contributed by atoms with Gasteiger partial charge in [0.2, 0.25) is 0 Å². The van der Waals surface area contributed by atoms with E-state index in [0.29, 0.717) is 34.1 Å². The van der Waals surface area contributed by atoms with Gasteiger partial charge in [-0.1, -0.05) is 33.6 Å². The fourth-order valence-corrected chi connectivity index (χ4v) is 3.09. The summed E-state index contributed by atoms with van der Waals surface area (Å²) in [7, 11) is 0. The molecule has 0 aliphatic heterocycles. The van der Waals surface area contributed by atoms with Crippen LogP contribution < -0.4 is 14.9 Å². The van der Waals surface area contributed by atoms with Crippen molar-refractivity contribution in [1.82, 2.24) is 5.43 Å². The first-order chi connectivity index (χ1) is 15.0. The molecule has 0 fully saturated rings. The number of hydrogen-bond acceptors (Lipinski definition) is 5. The Bertz CT molecular complexity index is 1120. The molecule has 0 atom stereocenters. The smallest absolute Gasteiger partial charge is 0.343 e. The third-order valence-electron chi connectivity index (χ3n) is 4.02. The number of amides is 1. The number of hydrazone groups is 1. The highest BCUT2D eigenvalue weighted by Gasteiger charge is 2.13. The first kappa shape index (κ1) is 22.5. The van der Waals surface area contributed by atoms with Gasteiger partial charge in [-0.2, -0.15) is 5.10 Å². The van der Waals surface area contributed by atoms with E-state index in [9.17, 15) is 9.59 Å². The zero-order valence-electron chi connectivity index (χ0n) is 16.5. The van der Waals surface area contributed by atoms with Crippen molar-refractivity contribution in [1.29, 1.82) is 0 Å². The molecular weight excluding hydrogens is 484 g/mol. The van der Waals surface area contributed by atoms with Crippen LogP contribution in [0, 0.1) is 0 Å². The van der Waals surface area contributed by atoms with Crippen LogP contribution in [0.5, 0.6) is 11.5 Å². The summed E-state index contributed by atoms with van der Waals surface area (Å²) in [5.41, 5.74) is 3.97. The molecule has 0 heterocycles. The predicted octanol–water partition coefficient (Wildman–Crippen LogP) is 5.48. The van der Waals surface area contributed by atoms with Crippen LogP contribution in [-0.2, 0) is 0 Å². The molecule has 0 radical (unpaired) electrons. The fraction of sp³-hybridized carbons (Fsp3) is 0.0870. The Balaban J connectivity index is 1.70. The molecule has 0 aliphatic rings. The summed E-state index contributed by atoms with van der Waals surface area (Å²) in [4.78, 5) is 24.5. The maximum Gasteiger partial charge on any atom is 0.343 e. The summed E-state index contributed by atoms with van der Waals surface area (Å²) in [6, 6.07) is 18.3. The number of nitrogens with zero attached hydrogens (tertiary/aromatic N) is 1. The summed E-state index contributed by atoms with van der Waals surface area (Å²) in [6.07, 6.45) is 1.48. The van der Waals surface area contributed by atoms with Gasteiger partial charge in [0.05, 0.1) is 18.4 Å². The maximum absolute atomic E-state index is 12.4. The summed E-state index contributed by atoms with van der Waals surface area (Å²) in [5.74, 6) is -0.208. The van der Waals surface area contributed by atoms with Crippen LogP contribution in [-0.4, -0.2) is 24.7 Å². The summed E-state index contributed by atoms with van der Waals surface area (Å²) in [6.45, 7) is 2.20. The average Bonchev–Trinajstić information content (AvgIpc) is 2.76. The molecule has 31 heavy (non-hydrogen) atoms. The lowest BCUT2D eigenvalue weighted by molar-refractivity contribution is 0.0728. The van der Waals surface area contributed by atoms with Crippen LogP contribution in [0.2, 0.25) is 5.02 Å². The lowest BCUT2D eigenvalue weighted by Crippen LogP contribution is -2.17. The quantitative estimate of drug-likeness (QED) is 0.201. The van der Waals surface area contributed by atoms with Gasteiger partial charge >= 0.3 is 5.97 Å². The molecule has 158 valence electrons. The van der Waals surface area contributed by atoms with E-state index in [1.165, 1.54) is 6.21 Å². The molecule has 3 aromatic carbocycles. The van der Waals surface area contributed by atoms with Crippen molar-refractivity contribution >= 4 is 45.6 Å². The number of ether oxygens (including phenoxy) is 2. The van der Waals surface area contributed by atoms with Crippen molar-refractivity contribution in [2.75, 3.05) is 6.61 Å². The van der Waals surface area contributed by atoms with Gasteiger partial charge in [-0.25, -0.2) is 10.2 Å². The summed E-state index contributed by atoms with van der Waals surface area (Å²) < 4.78 is 11.9. The number of carbonyl (C=O) groups is 2. The highest BCUT2D eigenvalue weighted by Crippen LogP contribution is 2.29. The Kier molecular flexibility index (Phi) is 7.81. The molecule has 0 unspecified atom stereocenters. The van der Waals surface area contributed by atoms with E-state index >= 15 is 0 Å². The second-order valence-corrected chi connectivity index (χ2v) is 7.60. The van der Waals surface area contributed by atoms with Gasteiger partial charge in [-0.15, -0.1) is 0 Å². The Morgan fingerprint density at radius 2 is 1.81 bits per heavy atom. The van der Waals surface area contributed by atoms with Crippen LogP contribution in [0.25, 0.3) is 0 Å². The number of halogens is 2. The van der Waals surface area contributed by atoms with Gasteiger partial charge in [0.1, 0.15) is 0 Å². The van der Waals surface area contributed by atoms with Crippen LogP contribution in [0.1, 0.15) is 33.2 Å². The highest BCUT2D eigenvalue weighted by atomic mass is 79.9. The van der Waals surface area contributed by atoms with E-state index < -0.39 is 5.97 Å². The molecule has 0 spiro atoms. The molecule has 0 saturated heterocycles. The molecule has 0 aliphatic carbocycles. The van der Waals surface area contributed by atoms with E-state index in [1.807, 2.05) is 13.0 Å². The van der Waals surface area contributed by atoms with Gasteiger partial charge in [0, 0.05) is 15.1 Å². The molecule has 1 N–H and O–H groups in total. The lowest BCUT2D eigenvalue weighted by atomic mass is 10.2. The molecule has 3 aromatic rings. The van der Waals surface area contributed by atoms with Crippen molar-refractivity contribution in [3.05, 3.63) is 92.9 Å². The average molecular weight is 502 g/mol. The van der Waals surface area contributed by atoms with Gasteiger partial charge in [0.25, 0.3) is 5.91 Å². The van der Waals surface area contributed by atoms with Gasteiger partial charge < -0.3 is 9.47 Å². The standard InChI is InChI=1S/C23H18BrClN2O4/c1-2-30-21-12-15(14-26-27-22(28)17-4-3-5-18(24)13-17)6-11-20(21)31-23(29)16-7-9-19(25)10-8-16/h3-14H,2H2,1H3,(H,27,28)/b26-14-. The first-order valence-electron chi connectivity index (χ1n) is 9.30. The van der Waals surface area contributed by atoms with Crippen molar-refractivity contribution in [2.24, 2.45) is 5.10 Å². The van der Waals surface area contributed by atoms with Gasteiger partial charge in [-0.3, -0.25) is 4.79 Å². The molecular formula is C23H18BrClN2O4. The van der Waals surface area contributed by atoms with Crippen LogP contribution in [0.15, 0.2) is 76.3 Å². The van der Waals surface area contributed by atoms with Crippen molar-refractivity contribution in [3.8, 4) is 11.5 Å². The highest BCUT2D eigenvalue weighted by molar-refractivity contribution is 9.10. The number of benzene rings is 3. The lowest BCUT2D eigenvalue weighted by Gasteiger charge is -2.11. The fourth-order valence-electron chi connectivity index (χ4n) is 2.56. The number of carbonyl (C=O) groups excluding carboxylic acids is 2. The third-order valence-corrected chi connectivity index (χ3v) is 4.76. The molecule has 1 amide bonds. The number of rotatable bonds is 7. The number of nitrogens with one attached hydrogen (secondary N) is 1. The van der Waals surface area contributed by atoms with Gasteiger partial charge in [0.15, 0.2) is 11.5 Å². The van der Waals surface area contributed by atoms with E-state index in [2.05, 4.69) is 26.5 Å². The summed E-state index contributed by atoms with van der Waals surface area (Å²) in [5, 5.41) is 4.51. The van der Waals surface area contributed by atoms with Crippen molar-refractivity contribution in [3.63, 3.8) is 0 Å². The number of esters is 1. The zero-order chi connectivity index (χ0) is 22.2. The topological polar surface area (TPSA) is 77.0 Å². The van der Waals surface area contributed by atoms with E-state index in [-0.39, 0.29) is 11.7 Å². The Labute approximate surface area is 193 Å². The molecule has 0 bridgehead atoms.